The molecule has 0 unspecified atom stereocenters. The second-order valence-corrected chi connectivity index (χ2v) is 11.4. The number of alkyl halides is 1. The maximum Gasteiger partial charge on any atom is 0.459 e. The van der Waals surface area contributed by atoms with Crippen molar-refractivity contribution in [2.24, 2.45) is 0 Å². The van der Waals surface area contributed by atoms with E-state index in [1.54, 1.807) is 51.2 Å². The van der Waals surface area contributed by atoms with E-state index in [-0.39, 0.29) is 17.3 Å². The van der Waals surface area contributed by atoms with Crippen LogP contribution in [0.2, 0.25) is 0 Å². The van der Waals surface area contributed by atoms with Crippen molar-refractivity contribution in [3.05, 3.63) is 36.7 Å². The summed E-state index contributed by atoms with van der Waals surface area (Å²) in [5, 5.41) is 16.2. The summed E-state index contributed by atoms with van der Waals surface area (Å²) in [6, 6.07) is 7.05. The van der Waals surface area contributed by atoms with Crippen LogP contribution in [0, 0.1) is 0 Å². The Balaban J connectivity index is 1.56. The number of hydrogen-bond acceptors (Lipinski definition) is 12. The number of nitrogens with zero attached hydrogens (tertiary/aromatic N) is 4. The smallest absolute Gasteiger partial charge is 0.459 e. The summed E-state index contributed by atoms with van der Waals surface area (Å²) >= 11 is 0. The fourth-order valence-corrected chi connectivity index (χ4v) is 5.64. The molecule has 16 heteroatoms. The Kier molecular flexibility index (Phi) is 8.61. The number of aliphatic hydroxyl groups excluding tert-OH is 1. The number of nitrogens with two attached hydrogens (primary N) is 1. The number of anilines is 2. The Bertz CT molecular complexity index is 1390. The van der Waals surface area contributed by atoms with Crippen molar-refractivity contribution in [1.29, 1.82) is 0 Å². The number of aromatic nitrogens is 4. The minimum atomic E-state index is -4.28. The molecule has 14 nitrogen and oxygen atoms in total. The standard InChI is InChI=1S/C24H33FN7O7P/c1-13(2)37-21(34)14(3)31-40(35,39-15-9-7-6-8-10-15)36-11-16-18(33)24(4,25)22(38-16)32-12-28-17-19(27-5)29-23(26)30-20(17)32/h6-10,12-14,16,18,22,33H,11H2,1-5H3,(H,31,35)(H3,26,27,29,30)/t14-,16-,18-,22-,24-,40+/m1/s1. The fourth-order valence-electron chi connectivity index (χ4n) is 4.14. The molecule has 2 aromatic heterocycles. The number of esters is 1. The Morgan fingerprint density at radius 3 is 2.65 bits per heavy atom. The molecule has 1 fully saturated rings. The predicted molar refractivity (Wildman–Crippen MR) is 143 cm³/mol. The third-order valence-electron chi connectivity index (χ3n) is 6.08. The Morgan fingerprint density at radius 1 is 1.30 bits per heavy atom. The van der Waals surface area contributed by atoms with Crippen molar-refractivity contribution in [1.82, 2.24) is 24.6 Å². The maximum atomic E-state index is 16.0. The van der Waals surface area contributed by atoms with Crippen molar-refractivity contribution >= 4 is 36.6 Å². The molecular weight excluding hydrogens is 548 g/mol. The van der Waals surface area contributed by atoms with E-state index in [1.165, 1.54) is 17.8 Å². The maximum absolute atomic E-state index is 16.0. The molecule has 0 radical (unpaired) electrons. The second-order valence-electron chi connectivity index (χ2n) is 9.66. The Labute approximate surface area is 230 Å². The summed E-state index contributed by atoms with van der Waals surface area (Å²) in [5.41, 5.74) is 3.94. The van der Waals surface area contributed by atoms with E-state index in [2.05, 4.69) is 25.4 Å². The molecule has 0 aliphatic carbocycles. The number of carbonyl (C=O) groups is 1. The molecule has 6 atom stereocenters. The lowest BCUT2D eigenvalue weighted by Crippen LogP contribution is -2.41. The van der Waals surface area contributed by atoms with Gasteiger partial charge in [-0.3, -0.25) is 13.9 Å². The summed E-state index contributed by atoms with van der Waals surface area (Å²) < 4.78 is 53.2. The van der Waals surface area contributed by atoms with Crippen LogP contribution in [0.4, 0.5) is 16.2 Å². The molecule has 5 N–H and O–H groups in total. The van der Waals surface area contributed by atoms with E-state index in [1.807, 2.05) is 0 Å². The predicted octanol–water partition coefficient (Wildman–Crippen LogP) is 2.57. The number of ether oxygens (including phenoxy) is 2. The number of hydrogen-bond donors (Lipinski definition) is 4. The number of aliphatic hydroxyl groups is 1. The third-order valence-corrected chi connectivity index (χ3v) is 7.72. The lowest BCUT2D eigenvalue weighted by molar-refractivity contribution is -0.149. The van der Waals surface area contributed by atoms with Crippen molar-refractivity contribution in [3.8, 4) is 5.75 Å². The molecular formula is C24H33FN7O7P. The number of halogens is 1. The van der Waals surface area contributed by atoms with Gasteiger partial charge in [-0.05, 0) is 39.8 Å². The van der Waals surface area contributed by atoms with Gasteiger partial charge in [0.05, 0.1) is 19.0 Å². The average Bonchev–Trinajstić information content (AvgIpc) is 3.40. The van der Waals surface area contributed by atoms with Crippen LogP contribution in [0.1, 0.15) is 33.9 Å². The highest BCUT2D eigenvalue weighted by atomic mass is 31.2. The number of nitrogens with one attached hydrogen (secondary N) is 2. The van der Waals surface area contributed by atoms with Gasteiger partial charge in [0.25, 0.3) is 0 Å². The van der Waals surface area contributed by atoms with Gasteiger partial charge in [0, 0.05) is 7.05 Å². The van der Waals surface area contributed by atoms with Crippen LogP contribution in [0.15, 0.2) is 36.7 Å². The molecule has 218 valence electrons. The van der Waals surface area contributed by atoms with E-state index in [0.717, 1.165) is 6.92 Å². The van der Waals surface area contributed by atoms with Crippen molar-refractivity contribution in [2.75, 3.05) is 24.7 Å². The Morgan fingerprint density at radius 2 is 2.00 bits per heavy atom. The zero-order valence-corrected chi connectivity index (χ0v) is 23.5. The van der Waals surface area contributed by atoms with Gasteiger partial charge < -0.3 is 30.2 Å². The normalized spacial score (nSPS) is 25.1. The molecule has 1 aliphatic rings. The molecule has 0 spiro atoms. The largest absolute Gasteiger partial charge is 0.462 e. The minimum absolute atomic E-state index is 0.0761. The number of rotatable bonds is 11. The van der Waals surface area contributed by atoms with Gasteiger partial charge >= 0.3 is 13.7 Å². The molecule has 1 aliphatic heterocycles. The van der Waals surface area contributed by atoms with Gasteiger partial charge in [-0.2, -0.15) is 15.1 Å². The second kappa shape index (κ2) is 11.6. The lowest BCUT2D eigenvalue weighted by atomic mass is 9.98. The van der Waals surface area contributed by atoms with Gasteiger partial charge in [0.15, 0.2) is 28.9 Å². The van der Waals surface area contributed by atoms with Crippen molar-refractivity contribution in [2.45, 2.75) is 63.9 Å². The highest BCUT2D eigenvalue weighted by molar-refractivity contribution is 7.52. The van der Waals surface area contributed by atoms with Crippen LogP contribution in [0.25, 0.3) is 11.2 Å². The molecule has 0 saturated carbocycles. The zero-order chi connectivity index (χ0) is 29.2. The van der Waals surface area contributed by atoms with E-state index < -0.39 is 56.6 Å². The van der Waals surface area contributed by atoms with Crippen LogP contribution in [0.3, 0.4) is 0 Å². The highest BCUT2D eigenvalue weighted by Crippen LogP contribution is 2.48. The van der Waals surface area contributed by atoms with Gasteiger partial charge in [0.2, 0.25) is 5.95 Å². The average molecular weight is 582 g/mol. The van der Waals surface area contributed by atoms with Crippen LogP contribution < -0.4 is 20.7 Å². The number of imidazole rings is 1. The van der Waals surface area contributed by atoms with Crippen LogP contribution in [-0.2, 0) is 23.4 Å². The van der Waals surface area contributed by atoms with E-state index in [4.69, 9.17) is 24.3 Å². The highest BCUT2D eigenvalue weighted by Gasteiger charge is 2.56. The summed E-state index contributed by atoms with van der Waals surface area (Å²) in [7, 11) is -2.66. The van der Waals surface area contributed by atoms with E-state index in [9.17, 15) is 14.5 Å². The lowest BCUT2D eigenvalue weighted by Gasteiger charge is -2.25. The van der Waals surface area contributed by atoms with Crippen molar-refractivity contribution in [3.63, 3.8) is 0 Å². The molecule has 3 heterocycles. The Hall–Kier alpha value is -3.36. The quantitative estimate of drug-likeness (QED) is 0.191. The fraction of sp³-hybridized carbons (Fsp3) is 0.500. The number of fused-ring (bicyclic) bond motifs is 1. The summed E-state index contributed by atoms with van der Waals surface area (Å²) in [6.07, 6.45) is -3.52. The zero-order valence-electron chi connectivity index (χ0n) is 22.6. The number of carbonyl (C=O) groups excluding carboxylic acids is 1. The molecule has 1 aromatic carbocycles. The molecule has 40 heavy (non-hydrogen) atoms. The van der Waals surface area contributed by atoms with E-state index in [0.29, 0.717) is 11.3 Å². The third kappa shape index (κ3) is 6.18. The molecule has 0 amide bonds. The monoisotopic (exact) mass is 581 g/mol. The molecule has 4 rings (SSSR count). The first-order valence-corrected chi connectivity index (χ1v) is 14.1. The number of benzene rings is 1. The first kappa shape index (κ1) is 29.6. The molecule has 3 aromatic rings. The first-order valence-electron chi connectivity index (χ1n) is 12.5. The molecule has 1 saturated heterocycles. The van der Waals surface area contributed by atoms with Crippen LogP contribution >= 0.6 is 7.75 Å². The topological polar surface area (TPSA) is 185 Å². The van der Waals surface area contributed by atoms with Gasteiger partial charge in [-0.15, -0.1) is 0 Å². The van der Waals surface area contributed by atoms with Gasteiger partial charge in [-0.25, -0.2) is 13.9 Å². The van der Waals surface area contributed by atoms with Crippen LogP contribution in [-0.4, -0.2) is 74.3 Å². The number of nitrogen functional groups attached to an aromatic ring is 1. The van der Waals surface area contributed by atoms with Crippen LogP contribution in [0.5, 0.6) is 5.75 Å². The summed E-state index contributed by atoms with van der Waals surface area (Å²) in [6.45, 7) is 5.37. The van der Waals surface area contributed by atoms with Gasteiger partial charge in [-0.1, -0.05) is 18.2 Å². The van der Waals surface area contributed by atoms with Gasteiger partial charge in [0.1, 0.15) is 24.0 Å². The summed E-state index contributed by atoms with van der Waals surface area (Å²) in [4.78, 5) is 24.8. The minimum Gasteiger partial charge on any atom is -0.462 e. The number of para-hydroxylation sites is 1. The van der Waals surface area contributed by atoms with E-state index >= 15 is 4.39 Å². The first-order chi connectivity index (χ1) is 18.8. The summed E-state index contributed by atoms with van der Waals surface area (Å²) in [5.74, 6) is -0.243. The molecule has 0 bridgehead atoms. The SMILES string of the molecule is CNc1nc(N)nc2c1ncn2[C@@H]1O[C@H](CO[P@@](=O)(N[C@H](C)C(=O)OC(C)C)Oc2ccccc2)[C@@H](O)[C@@]1(C)F. The van der Waals surface area contributed by atoms with Crippen molar-refractivity contribution < 1.29 is 37.4 Å².